The van der Waals surface area contributed by atoms with E-state index in [1.807, 2.05) is 32.0 Å². The summed E-state index contributed by atoms with van der Waals surface area (Å²) < 4.78 is 1.80. The van der Waals surface area contributed by atoms with Gasteiger partial charge in [-0.05, 0) is 38.3 Å². The van der Waals surface area contributed by atoms with Gasteiger partial charge in [-0.3, -0.25) is 0 Å². The lowest BCUT2D eigenvalue weighted by molar-refractivity contribution is 0.641. The minimum absolute atomic E-state index is 0.127. The van der Waals surface area contributed by atoms with E-state index in [1.165, 1.54) is 0 Å². The zero-order chi connectivity index (χ0) is 14.0. The van der Waals surface area contributed by atoms with Crippen LogP contribution in [0.3, 0.4) is 0 Å². The van der Waals surface area contributed by atoms with Gasteiger partial charge in [-0.1, -0.05) is 30.7 Å². The summed E-state index contributed by atoms with van der Waals surface area (Å²) in [6.45, 7) is 5.88. The summed E-state index contributed by atoms with van der Waals surface area (Å²) in [5, 5.41) is 5.09. The van der Waals surface area contributed by atoms with Gasteiger partial charge in [0.1, 0.15) is 11.6 Å². The van der Waals surface area contributed by atoms with Crippen molar-refractivity contribution in [1.82, 2.24) is 14.8 Å². The van der Waals surface area contributed by atoms with Crippen LogP contribution in [-0.2, 0) is 6.42 Å². The Morgan fingerprint density at radius 1 is 1.37 bits per heavy atom. The van der Waals surface area contributed by atoms with Gasteiger partial charge in [0.25, 0.3) is 0 Å². The summed E-state index contributed by atoms with van der Waals surface area (Å²) in [7, 11) is 0. The monoisotopic (exact) mass is 278 g/mol. The molecule has 0 spiro atoms. The number of benzene rings is 1. The van der Waals surface area contributed by atoms with E-state index in [0.29, 0.717) is 5.02 Å². The number of halogens is 1. The summed E-state index contributed by atoms with van der Waals surface area (Å²) in [5.74, 6) is 1.57. The molecule has 19 heavy (non-hydrogen) atoms. The van der Waals surface area contributed by atoms with Gasteiger partial charge in [0, 0.05) is 6.04 Å². The van der Waals surface area contributed by atoms with Gasteiger partial charge >= 0.3 is 0 Å². The van der Waals surface area contributed by atoms with E-state index < -0.39 is 0 Å². The van der Waals surface area contributed by atoms with Crippen molar-refractivity contribution in [3.63, 3.8) is 0 Å². The van der Waals surface area contributed by atoms with Crippen molar-refractivity contribution < 1.29 is 0 Å². The molecule has 0 aliphatic carbocycles. The molecule has 1 heterocycles. The lowest BCUT2D eigenvalue weighted by Gasteiger charge is -2.15. The molecular weight excluding hydrogens is 260 g/mol. The number of hydrogen-bond donors (Lipinski definition) is 1. The van der Waals surface area contributed by atoms with Crippen molar-refractivity contribution in [3.8, 4) is 5.69 Å². The fraction of sp³-hybridized carbons (Fsp3) is 0.429. The van der Waals surface area contributed by atoms with Gasteiger partial charge in [0.2, 0.25) is 0 Å². The zero-order valence-corrected chi connectivity index (χ0v) is 12.3. The van der Waals surface area contributed by atoms with E-state index in [9.17, 15) is 0 Å². The molecule has 0 aliphatic rings. The smallest absolute Gasteiger partial charge is 0.148 e. The van der Waals surface area contributed by atoms with Gasteiger partial charge < -0.3 is 5.73 Å². The highest BCUT2D eigenvalue weighted by atomic mass is 35.5. The largest absolute Gasteiger partial charge is 0.327 e. The number of nitrogens with two attached hydrogens (primary N) is 1. The normalized spacial score (nSPS) is 12.7. The Balaban J connectivity index is 2.52. The van der Waals surface area contributed by atoms with Crippen LogP contribution in [0.5, 0.6) is 0 Å². The first-order valence-electron chi connectivity index (χ1n) is 6.46. The van der Waals surface area contributed by atoms with E-state index in [-0.39, 0.29) is 6.04 Å². The lowest BCUT2D eigenvalue weighted by atomic mass is 10.0. The molecule has 2 aromatic rings. The van der Waals surface area contributed by atoms with Crippen molar-refractivity contribution in [3.05, 3.63) is 40.4 Å². The second-order valence-corrected chi connectivity index (χ2v) is 5.15. The molecule has 1 atom stereocenters. The average Bonchev–Trinajstić information content (AvgIpc) is 2.68. The Bertz CT molecular complexity index is 577. The second kappa shape index (κ2) is 5.72. The number of hydrogen-bond acceptors (Lipinski definition) is 3. The molecule has 0 amide bonds. The Kier molecular flexibility index (Phi) is 4.22. The summed E-state index contributed by atoms with van der Waals surface area (Å²) in [6.07, 6.45) is 1.71. The third-order valence-electron chi connectivity index (χ3n) is 3.16. The van der Waals surface area contributed by atoms with E-state index in [2.05, 4.69) is 17.0 Å². The van der Waals surface area contributed by atoms with Crippen LogP contribution in [0.4, 0.5) is 0 Å². The fourth-order valence-electron chi connectivity index (χ4n) is 2.12. The van der Waals surface area contributed by atoms with Crippen molar-refractivity contribution >= 4 is 11.6 Å². The van der Waals surface area contributed by atoms with Crippen LogP contribution in [-0.4, -0.2) is 20.8 Å². The predicted octanol–water partition coefficient (Wildman–Crippen LogP) is 2.82. The first-order valence-corrected chi connectivity index (χ1v) is 6.84. The molecule has 102 valence electrons. The van der Waals surface area contributed by atoms with Crippen LogP contribution in [0.1, 0.15) is 30.6 Å². The molecule has 2 rings (SSSR count). The van der Waals surface area contributed by atoms with Gasteiger partial charge in [0.05, 0.1) is 10.7 Å². The third-order valence-corrected chi connectivity index (χ3v) is 3.47. The maximum atomic E-state index is 6.34. The van der Waals surface area contributed by atoms with E-state index in [1.54, 1.807) is 4.68 Å². The molecule has 5 heteroatoms. The molecule has 4 nitrogen and oxygen atoms in total. The van der Waals surface area contributed by atoms with Crippen LogP contribution in [0.2, 0.25) is 5.02 Å². The molecular formula is C14H19ClN4. The van der Waals surface area contributed by atoms with Crippen LogP contribution < -0.4 is 5.73 Å². The van der Waals surface area contributed by atoms with Gasteiger partial charge in [-0.15, -0.1) is 0 Å². The molecule has 0 bridgehead atoms. The Hall–Kier alpha value is -1.39. The quantitative estimate of drug-likeness (QED) is 0.936. The van der Waals surface area contributed by atoms with Crippen molar-refractivity contribution in [1.29, 1.82) is 0 Å². The number of para-hydroxylation sites is 1. The van der Waals surface area contributed by atoms with Crippen molar-refractivity contribution in [2.24, 2.45) is 5.73 Å². The molecule has 0 fully saturated rings. The van der Waals surface area contributed by atoms with E-state index in [0.717, 1.165) is 35.7 Å². The molecule has 1 unspecified atom stereocenters. The molecule has 0 radical (unpaired) electrons. The Morgan fingerprint density at radius 3 is 2.68 bits per heavy atom. The number of aryl methyl sites for hydroxylation is 2. The maximum absolute atomic E-state index is 6.34. The molecule has 0 aliphatic heterocycles. The molecule has 1 aromatic carbocycles. The van der Waals surface area contributed by atoms with E-state index in [4.69, 9.17) is 17.3 Å². The first kappa shape index (κ1) is 14.0. The highest BCUT2D eigenvalue weighted by molar-refractivity contribution is 6.32. The first-order chi connectivity index (χ1) is 9.02. The lowest BCUT2D eigenvalue weighted by Crippen LogP contribution is -2.22. The number of aromatic nitrogens is 3. The molecule has 2 N–H and O–H groups in total. The van der Waals surface area contributed by atoms with Crippen LogP contribution in [0.25, 0.3) is 5.69 Å². The van der Waals surface area contributed by atoms with Crippen LogP contribution in [0, 0.1) is 13.8 Å². The van der Waals surface area contributed by atoms with Crippen LogP contribution >= 0.6 is 11.6 Å². The molecule has 0 saturated carbocycles. The van der Waals surface area contributed by atoms with Crippen molar-refractivity contribution in [2.75, 3.05) is 0 Å². The van der Waals surface area contributed by atoms with Gasteiger partial charge in [-0.25, -0.2) is 9.67 Å². The highest BCUT2D eigenvalue weighted by Crippen LogP contribution is 2.26. The topological polar surface area (TPSA) is 56.7 Å². The summed E-state index contributed by atoms with van der Waals surface area (Å²) in [4.78, 5) is 4.33. The summed E-state index contributed by atoms with van der Waals surface area (Å²) in [6, 6.07) is 5.99. The van der Waals surface area contributed by atoms with E-state index >= 15 is 0 Å². The minimum Gasteiger partial charge on any atom is -0.327 e. The van der Waals surface area contributed by atoms with Gasteiger partial charge in [-0.2, -0.15) is 5.10 Å². The fourth-order valence-corrected chi connectivity index (χ4v) is 2.40. The minimum atomic E-state index is 0.127. The average molecular weight is 279 g/mol. The van der Waals surface area contributed by atoms with Crippen LogP contribution in [0.15, 0.2) is 18.2 Å². The molecule has 1 aromatic heterocycles. The van der Waals surface area contributed by atoms with Gasteiger partial charge in [0.15, 0.2) is 0 Å². The SMILES string of the molecule is CCC(N)Cc1cccc(Cl)c1-n1nc(C)nc1C. The third kappa shape index (κ3) is 2.96. The van der Waals surface area contributed by atoms with Crippen molar-refractivity contribution in [2.45, 2.75) is 39.7 Å². The number of rotatable bonds is 4. The predicted molar refractivity (Wildman–Crippen MR) is 77.8 cm³/mol. The molecule has 0 saturated heterocycles. The summed E-state index contributed by atoms with van der Waals surface area (Å²) in [5.41, 5.74) is 8.06. The Labute approximate surface area is 118 Å². The number of nitrogens with zero attached hydrogens (tertiary/aromatic N) is 3. The standard InChI is InChI=1S/C14H19ClN4/c1-4-12(16)8-11-6-5-7-13(15)14(11)19-10(3)17-9(2)18-19/h5-7,12H,4,8,16H2,1-3H3. The summed E-state index contributed by atoms with van der Waals surface area (Å²) >= 11 is 6.34. The Morgan fingerprint density at radius 2 is 2.11 bits per heavy atom. The highest BCUT2D eigenvalue weighted by Gasteiger charge is 2.15. The zero-order valence-electron chi connectivity index (χ0n) is 11.5. The second-order valence-electron chi connectivity index (χ2n) is 4.74. The maximum Gasteiger partial charge on any atom is 0.148 e.